The number of esters is 1. The van der Waals surface area contributed by atoms with Crippen molar-refractivity contribution < 1.29 is 9.53 Å². The number of fused-ring (bicyclic) bond motifs is 1. The summed E-state index contributed by atoms with van der Waals surface area (Å²) in [4.78, 5) is 23.8. The highest BCUT2D eigenvalue weighted by Crippen LogP contribution is 2.28. The van der Waals surface area contributed by atoms with Gasteiger partial charge < -0.3 is 9.72 Å². The summed E-state index contributed by atoms with van der Waals surface area (Å²) in [5, 5.41) is 0.813. The number of hydrogen-bond acceptors (Lipinski definition) is 4. The number of para-hydroxylation sites is 1. The molecule has 0 fully saturated rings. The maximum atomic E-state index is 12.2. The van der Waals surface area contributed by atoms with Crippen molar-refractivity contribution in [3.8, 4) is 11.5 Å². The molecule has 3 aromatic rings. The van der Waals surface area contributed by atoms with Crippen LogP contribution in [-0.2, 0) is 4.74 Å². The Bertz CT molecular complexity index is 750. The van der Waals surface area contributed by atoms with Crippen LogP contribution in [0.4, 0.5) is 0 Å². The van der Waals surface area contributed by atoms with Crippen molar-refractivity contribution in [3.05, 3.63) is 48.3 Å². The first-order valence-electron chi connectivity index (χ1n) is 6.36. The minimum atomic E-state index is -0.368. The highest BCUT2D eigenvalue weighted by Gasteiger charge is 2.21. The molecule has 0 aliphatic rings. The van der Waals surface area contributed by atoms with Crippen LogP contribution in [0.25, 0.3) is 22.4 Å². The van der Waals surface area contributed by atoms with E-state index in [1.54, 1.807) is 25.4 Å². The highest BCUT2D eigenvalue weighted by molar-refractivity contribution is 6.09. The Morgan fingerprint density at radius 1 is 1.20 bits per heavy atom. The Hall–Kier alpha value is -2.69. The van der Waals surface area contributed by atoms with Crippen molar-refractivity contribution in [2.24, 2.45) is 0 Å². The molecule has 0 atom stereocenters. The van der Waals surface area contributed by atoms with Gasteiger partial charge in [-0.3, -0.25) is 0 Å². The largest absolute Gasteiger partial charge is 0.462 e. The van der Waals surface area contributed by atoms with Crippen LogP contribution in [0.5, 0.6) is 0 Å². The molecule has 0 aliphatic carbocycles. The number of nitrogens with one attached hydrogen (secondary N) is 1. The average Bonchev–Trinajstić information content (AvgIpc) is 2.88. The summed E-state index contributed by atoms with van der Waals surface area (Å²) in [7, 11) is 0. The summed E-state index contributed by atoms with van der Waals surface area (Å²) in [6.07, 6.45) is 3.28. The minimum absolute atomic E-state index is 0.327. The Kier molecular flexibility index (Phi) is 3.16. The van der Waals surface area contributed by atoms with Crippen LogP contribution in [0.15, 0.2) is 42.7 Å². The van der Waals surface area contributed by atoms with Crippen molar-refractivity contribution in [3.63, 3.8) is 0 Å². The molecule has 2 aromatic heterocycles. The molecular weight excluding hydrogens is 254 g/mol. The van der Waals surface area contributed by atoms with Crippen LogP contribution in [-0.4, -0.2) is 27.5 Å². The van der Waals surface area contributed by atoms with E-state index in [9.17, 15) is 4.79 Å². The summed E-state index contributed by atoms with van der Waals surface area (Å²) in [5.41, 5.74) is 1.93. The Morgan fingerprint density at radius 2 is 1.95 bits per heavy atom. The second-order valence-corrected chi connectivity index (χ2v) is 4.21. The summed E-state index contributed by atoms with van der Waals surface area (Å²) >= 11 is 0. The number of aromatic amines is 1. The molecular formula is C15H13N3O2. The van der Waals surface area contributed by atoms with Gasteiger partial charge in [0, 0.05) is 23.3 Å². The molecule has 0 radical (unpaired) electrons. The lowest BCUT2D eigenvalue weighted by atomic mass is 10.1. The predicted octanol–water partition coefficient (Wildman–Crippen LogP) is 2.80. The van der Waals surface area contributed by atoms with Gasteiger partial charge in [0.2, 0.25) is 0 Å². The van der Waals surface area contributed by atoms with Gasteiger partial charge in [0.15, 0.2) is 5.82 Å². The van der Waals surface area contributed by atoms with Crippen molar-refractivity contribution in [1.82, 2.24) is 15.0 Å². The average molecular weight is 267 g/mol. The molecule has 0 saturated carbocycles. The fourth-order valence-corrected chi connectivity index (χ4v) is 2.15. The van der Waals surface area contributed by atoms with Gasteiger partial charge in [0.25, 0.3) is 0 Å². The van der Waals surface area contributed by atoms with Gasteiger partial charge in [0.1, 0.15) is 0 Å². The normalized spacial score (nSPS) is 10.7. The molecule has 0 spiro atoms. The maximum Gasteiger partial charge on any atom is 0.341 e. The fraction of sp³-hybridized carbons (Fsp3) is 0.133. The third kappa shape index (κ3) is 2.03. The zero-order chi connectivity index (χ0) is 13.9. The molecule has 3 rings (SSSR count). The second kappa shape index (κ2) is 5.13. The molecule has 2 heterocycles. The van der Waals surface area contributed by atoms with Crippen LogP contribution in [0.3, 0.4) is 0 Å². The number of hydrogen-bond donors (Lipinski definition) is 1. The molecule has 1 N–H and O–H groups in total. The number of rotatable bonds is 3. The number of carbonyl (C=O) groups excluding carboxylic acids is 1. The number of carbonyl (C=O) groups is 1. The standard InChI is InChI=1S/C15H13N3O2/c1-2-20-15(19)12-10-6-3-4-7-11(10)18-13(12)14-16-8-5-9-17-14/h3-9,18H,2H2,1H3. The molecule has 5 heteroatoms. The number of ether oxygens (including phenoxy) is 1. The van der Waals surface area contributed by atoms with E-state index >= 15 is 0 Å². The van der Waals surface area contributed by atoms with E-state index in [1.807, 2.05) is 24.3 Å². The van der Waals surface area contributed by atoms with Gasteiger partial charge in [-0.1, -0.05) is 18.2 Å². The Balaban J connectivity index is 2.25. The van der Waals surface area contributed by atoms with Crippen molar-refractivity contribution in [2.75, 3.05) is 6.61 Å². The van der Waals surface area contributed by atoms with Crippen molar-refractivity contribution >= 4 is 16.9 Å². The Labute approximate surface area is 115 Å². The molecule has 1 aromatic carbocycles. The third-order valence-corrected chi connectivity index (χ3v) is 2.98. The van der Waals surface area contributed by atoms with E-state index in [1.165, 1.54) is 0 Å². The van der Waals surface area contributed by atoms with E-state index in [0.717, 1.165) is 10.9 Å². The summed E-state index contributed by atoms with van der Waals surface area (Å²) in [6.45, 7) is 2.11. The quantitative estimate of drug-likeness (QED) is 0.741. The number of aromatic nitrogens is 3. The molecule has 100 valence electrons. The van der Waals surface area contributed by atoms with Gasteiger partial charge >= 0.3 is 5.97 Å². The minimum Gasteiger partial charge on any atom is -0.462 e. The topological polar surface area (TPSA) is 67.9 Å². The third-order valence-electron chi connectivity index (χ3n) is 2.98. The number of benzene rings is 1. The molecule has 0 amide bonds. The van der Waals surface area contributed by atoms with E-state index in [-0.39, 0.29) is 5.97 Å². The zero-order valence-corrected chi connectivity index (χ0v) is 11.0. The van der Waals surface area contributed by atoms with Crippen LogP contribution in [0, 0.1) is 0 Å². The van der Waals surface area contributed by atoms with E-state index in [2.05, 4.69) is 15.0 Å². The summed E-state index contributed by atoms with van der Waals surface area (Å²) in [5.74, 6) is 0.110. The van der Waals surface area contributed by atoms with Gasteiger partial charge in [0.05, 0.1) is 17.9 Å². The molecule has 0 bridgehead atoms. The van der Waals surface area contributed by atoms with Crippen LogP contribution in [0.1, 0.15) is 17.3 Å². The van der Waals surface area contributed by atoms with Crippen LogP contribution < -0.4 is 0 Å². The fourth-order valence-electron chi connectivity index (χ4n) is 2.15. The molecule has 5 nitrogen and oxygen atoms in total. The van der Waals surface area contributed by atoms with E-state index in [4.69, 9.17) is 4.74 Å². The van der Waals surface area contributed by atoms with Gasteiger partial charge in [-0.15, -0.1) is 0 Å². The second-order valence-electron chi connectivity index (χ2n) is 4.21. The first-order valence-corrected chi connectivity index (χ1v) is 6.36. The van der Waals surface area contributed by atoms with Crippen molar-refractivity contribution in [2.45, 2.75) is 6.92 Å². The summed E-state index contributed by atoms with van der Waals surface area (Å²) in [6, 6.07) is 9.31. The molecule has 0 saturated heterocycles. The number of H-pyrrole nitrogens is 1. The van der Waals surface area contributed by atoms with E-state index in [0.29, 0.717) is 23.7 Å². The predicted molar refractivity (Wildman–Crippen MR) is 75.3 cm³/mol. The maximum absolute atomic E-state index is 12.2. The first-order chi connectivity index (χ1) is 9.81. The monoisotopic (exact) mass is 267 g/mol. The van der Waals surface area contributed by atoms with Gasteiger partial charge in [-0.25, -0.2) is 14.8 Å². The lowest BCUT2D eigenvalue weighted by Gasteiger charge is -2.03. The zero-order valence-electron chi connectivity index (χ0n) is 11.0. The highest BCUT2D eigenvalue weighted by atomic mass is 16.5. The smallest absolute Gasteiger partial charge is 0.341 e. The molecule has 0 unspecified atom stereocenters. The Morgan fingerprint density at radius 3 is 2.70 bits per heavy atom. The first kappa shape index (κ1) is 12.3. The van der Waals surface area contributed by atoms with E-state index < -0.39 is 0 Å². The molecule has 0 aliphatic heterocycles. The number of nitrogens with zero attached hydrogens (tertiary/aromatic N) is 2. The molecule has 20 heavy (non-hydrogen) atoms. The summed E-state index contributed by atoms with van der Waals surface area (Å²) < 4.78 is 5.14. The van der Waals surface area contributed by atoms with Crippen LogP contribution >= 0.6 is 0 Å². The van der Waals surface area contributed by atoms with Crippen molar-refractivity contribution in [1.29, 1.82) is 0 Å². The lowest BCUT2D eigenvalue weighted by Crippen LogP contribution is -2.06. The SMILES string of the molecule is CCOC(=O)c1c(-c2ncccn2)[nH]c2ccccc12. The van der Waals surface area contributed by atoms with Crippen LogP contribution in [0.2, 0.25) is 0 Å². The van der Waals surface area contributed by atoms with Gasteiger partial charge in [-0.05, 0) is 19.1 Å². The lowest BCUT2D eigenvalue weighted by molar-refractivity contribution is 0.0529. The van der Waals surface area contributed by atoms with Gasteiger partial charge in [-0.2, -0.15) is 0 Å².